The Morgan fingerprint density at radius 2 is 1.78 bits per heavy atom. The Hall–Kier alpha value is -0.910. The Morgan fingerprint density at radius 1 is 1.11 bits per heavy atom. The van der Waals surface area contributed by atoms with Crippen molar-refractivity contribution in [3.05, 3.63) is 28.8 Å². The summed E-state index contributed by atoms with van der Waals surface area (Å²) >= 11 is 0. The normalized spacial score (nSPS) is 11.8. The Labute approximate surface area is 110 Å². The minimum absolute atomic E-state index is 0.386. The number of hydrogen-bond donors (Lipinski definition) is 2. The predicted molar refractivity (Wildman–Crippen MR) is 74.2 cm³/mol. The van der Waals surface area contributed by atoms with Gasteiger partial charge in [-0.2, -0.15) is 0 Å². The molecule has 1 rings (SSSR count). The Bertz CT molecular complexity index is 510. The average molecular weight is 270 g/mol. The Balaban J connectivity index is 3.22. The first-order valence-corrected chi connectivity index (χ1v) is 7.71. The highest BCUT2D eigenvalue weighted by Crippen LogP contribution is 2.21. The Morgan fingerprint density at radius 3 is 2.33 bits per heavy atom. The van der Waals surface area contributed by atoms with Crippen molar-refractivity contribution in [2.45, 2.75) is 39.1 Å². The van der Waals surface area contributed by atoms with E-state index in [-0.39, 0.29) is 0 Å². The molecule has 5 heteroatoms. The molecule has 4 nitrogen and oxygen atoms in total. The maximum absolute atomic E-state index is 12.1. The van der Waals surface area contributed by atoms with Gasteiger partial charge in [-0.05, 0) is 43.1 Å². The average Bonchev–Trinajstić information content (AvgIpc) is 2.30. The lowest BCUT2D eigenvalue weighted by Crippen LogP contribution is -2.24. The van der Waals surface area contributed by atoms with Gasteiger partial charge in [-0.25, -0.2) is 13.1 Å². The van der Waals surface area contributed by atoms with Gasteiger partial charge in [0.1, 0.15) is 0 Å². The van der Waals surface area contributed by atoms with E-state index in [0.29, 0.717) is 18.0 Å². The lowest BCUT2D eigenvalue weighted by Gasteiger charge is -2.13. The van der Waals surface area contributed by atoms with Gasteiger partial charge in [0.25, 0.3) is 0 Å². The van der Waals surface area contributed by atoms with Crippen molar-refractivity contribution >= 4 is 10.0 Å². The number of aryl methyl sites for hydroxylation is 1. The highest BCUT2D eigenvalue weighted by atomic mass is 32.2. The zero-order valence-corrected chi connectivity index (χ0v) is 12.3. The summed E-state index contributed by atoms with van der Waals surface area (Å²) < 4.78 is 26.7. The molecule has 1 aromatic carbocycles. The molecule has 0 fully saturated rings. The molecule has 1 aromatic rings. The molecule has 2 N–H and O–H groups in total. The van der Waals surface area contributed by atoms with Gasteiger partial charge in [0.05, 0.1) is 4.90 Å². The summed E-state index contributed by atoms with van der Waals surface area (Å²) in [4.78, 5) is 0.386. The summed E-state index contributed by atoms with van der Waals surface area (Å²) in [6.07, 6.45) is 0. The second kappa shape index (κ2) is 6.31. The second-order valence-electron chi connectivity index (χ2n) is 4.32. The number of benzene rings is 1. The van der Waals surface area contributed by atoms with Gasteiger partial charge in [0, 0.05) is 13.1 Å². The van der Waals surface area contributed by atoms with Crippen molar-refractivity contribution in [1.82, 2.24) is 10.0 Å². The van der Waals surface area contributed by atoms with E-state index in [1.165, 1.54) is 0 Å². The first kappa shape index (κ1) is 15.1. The standard InChI is InChI=1S/C13H22N2O2S/c1-5-14-9-12-7-10(3)11(4)13(8-12)18(16,17)15-6-2/h7-8,14-15H,5-6,9H2,1-4H3. The molecule has 0 unspecified atom stereocenters. The van der Waals surface area contributed by atoms with Crippen LogP contribution >= 0.6 is 0 Å². The van der Waals surface area contributed by atoms with Crippen LogP contribution in [0.5, 0.6) is 0 Å². The lowest BCUT2D eigenvalue weighted by molar-refractivity contribution is 0.583. The number of hydrogen-bond acceptors (Lipinski definition) is 3. The van der Waals surface area contributed by atoms with E-state index in [4.69, 9.17) is 0 Å². The molecule has 0 radical (unpaired) electrons. The summed E-state index contributed by atoms with van der Waals surface area (Å²) in [5.41, 5.74) is 2.81. The van der Waals surface area contributed by atoms with Crippen LogP contribution in [0.2, 0.25) is 0 Å². The maximum Gasteiger partial charge on any atom is 0.240 e. The van der Waals surface area contributed by atoms with Gasteiger partial charge in [0.15, 0.2) is 0 Å². The predicted octanol–water partition coefficient (Wildman–Crippen LogP) is 1.71. The van der Waals surface area contributed by atoms with E-state index in [9.17, 15) is 8.42 Å². The molecular formula is C13H22N2O2S. The van der Waals surface area contributed by atoms with Crippen molar-refractivity contribution in [3.8, 4) is 0 Å². The zero-order valence-electron chi connectivity index (χ0n) is 11.5. The topological polar surface area (TPSA) is 58.2 Å². The van der Waals surface area contributed by atoms with Crippen molar-refractivity contribution in [3.63, 3.8) is 0 Å². The number of nitrogens with one attached hydrogen (secondary N) is 2. The van der Waals surface area contributed by atoms with Crippen molar-refractivity contribution in [2.75, 3.05) is 13.1 Å². The van der Waals surface area contributed by atoms with E-state index in [1.54, 1.807) is 13.0 Å². The summed E-state index contributed by atoms with van der Waals surface area (Å²) in [6.45, 7) is 9.54. The molecule has 0 saturated heterocycles. The third kappa shape index (κ3) is 3.54. The lowest BCUT2D eigenvalue weighted by atomic mass is 10.1. The largest absolute Gasteiger partial charge is 0.313 e. The van der Waals surface area contributed by atoms with Crippen molar-refractivity contribution in [1.29, 1.82) is 0 Å². The van der Waals surface area contributed by atoms with E-state index >= 15 is 0 Å². The fraction of sp³-hybridized carbons (Fsp3) is 0.538. The molecular weight excluding hydrogens is 248 g/mol. The maximum atomic E-state index is 12.1. The molecule has 0 aliphatic carbocycles. The monoisotopic (exact) mass is 270 g/mol. The summed E-state index contributed by atoms with van der Waals surface area (Å²) in [5, 5.41) is 3.21. The molecule has 0 bridgehead atoms. The first-order valence-electron chi connectivity index (χ1n) is 6.22. The smallest absolute Gasteiger partial charge is 0.240 e. The molecule has 0 aliphatic rings. The fourth-order valence-corrected chi connectivity index (χ4v) is 3.22. The second-order valence-corrected chi connectivity index (χ2v) is 6.05. The molecule has 0 heterocycles. The van der Waals surface area contributed by atoms with Gasteiger partial charge in [0.2, 0.25) is 10.0 Å². The fourth-order valence-electron chi connectivity index (χ4n) is 1.82. The molecule has 102 valence electrons. The van der Waals surface area contributed by atoms with Gasteiger partial charge < -0.3 is 5.32 Å². The third-order valence-electron chi connectivity index (χ3n) is 2.88. The highest BCUT2D eigenvalue weighted by Gasteiger charge is 2.17. The minimum Gasteiger partial charge on any atom is -0.313 e. The molecule has 18 heavy (non-hydrogen) atoms. The van der Waals surface area contributed by atoms with Gasteiger partial charge in [-0.3, -0.25) is 0 Å². The number of rotatable bonds is 6. The highest BCUT2D eigenvalue weighted by molar-refractivity contribution is 7.89. The molecule has 0 aliphatic heterocycles. The third-order valence-corrected chi connectivity index (χ3v) is 4.55. The van der Waals surface area contributed by atoms with E-state index < -0.39 is 10.0 Å². The molecule has 0 saturated carbocycles. The molecule has 0 amide bonds. The zero-order chi connectivity index (χ0) is 13.8. The summed E-state index contributed by atoms with van der Waals surface area (Å²) in [5.74, 6) is 0. The van der Waals surface area contributed by atoms with Crippen LogP contribution in [0, 0.1) is 13.8 Å². The van der Waals surface area contributed by atoms with Crippen molar-refractivity contribution in [2.24, 2.45) is 0 Å². The van der Waals surface area contributed by atoms with Crippen LogP contribution < -0.4 is 10.0 Å². The van der Waals surface area contributed by atoms with Crippen LogP contribution in [-0.2, 0) is 16.6 Å². The van der Waals surface area contributed by atoms with Gasteiger partial charge in [-0.1, -0.05) is 19.9 Å². The molecule has 0 spiro atoms. The van der Waals surface area contributed by atoms with Crippen LogP contribution in [0.15, 0.2) is 17.0 Å². The summed E-state index contributed by atoms with van der Waals surface area (Å²) in [6, 6.07) is 3.78. The molecule has 0 aromatic heterocycles. The Kier molecular flexibility index (Phi) is 5.31. The van der Waals surface area contributed by atoms with Gasteiger partial charge >= 0.3 is 0 Å². The first-order chi connectivity index (χ1) is 8.42. The molecule has 0 atom stereocenters. The number of sulfonamides is 1. The minimum atomic E-state index is -3.39. The van der Waals surface area contributed by atoms with Crippen LogP contribution in [0.1, 0.15) is 30.5 Å². The van der Waals surface area contributed by atoms with Crippen LogP contribution in [-0.4, -0.2) is 21.5 Å². The summed E-state index contributed by atoms with van der Waals surface area (Å²) in [7, 11) is -3.39. The van der Waals surface area contributed by atoms with E-state index in [1.807, 2.05) is 26.8 Å². The van der Waals surface area contributed by atoms with E-state index in [2.05, 4.69) is 10.0 Å². The quantitative estimate of drug-likeness (QED) is 0.827. The van der Waals surface area contributed by atoms with E-state index in [0.717, 1.165) is 23.2 Å². The van der Waals surface area contributed by atoms with Gasteiger partial charge in [-0.15, -0.1) is 0 Å². The van der Waals surface area contributed by atoms with Crippen LogP contribution in [0.3, 0.4) is 0 Å². The van der Waals surface area contributed by atoms with Crippen LogP contribution in [0.4, 0.5) is 0 Å². The SMILES string of the molecule is CCNCc1cc(C)c(C)c(S(=O)(=O)NCC)c1. The van der Waals surface area contributed by atoms with Crippen molar-refractivity contribution < 1.29 is 8.42 Å². The van der Waals surface area contributed by atoms with Crippen LogP contribution in [0.25, 0.3) is 0 Å².